The summed E-state index contributed by atoms with van der Waals surface area (Å²) >= 11 is 0. The summed E-state index contributed by atoms with van der Waals surface area (Å²) in [6, 6.07) is 3.66. The minimum Gasteiger partial charge on any atom is -0.399 e. The number of amides is 1. The van der Waals surface area contributed by atoms with E-state index >= 15 is 0 Å². The van der Waals surface area contributed by atoms with Gasteiger partial charge in [-0.15, -0.1) is 0 Å². The highest BCUT2D eigenvalue weighted by atomic mass is 16.5. The Morgan fingerprint density at radius 2 is 1.89 bits per heavy atom. The smallest absolute Gasteiger partial charge is 0.250 e. The molecule has 1 aromatic rings. The summed E-state index contributed by atoms with van der Waals surface area (Å²) in [7, 11) is 1.59. The Hall–Kier alpha value is -1.59. The van der Waals surface area contributed by atoms with Crippen LogP contribution < -0.4 is 11.1 Å². The van der Waals surface area contributed by atoms with Crippen LogP contribution in [0.25, 0.3) is 0 Å². The molecule has 0 aliphatic rings. The summed E-state index contributed by atoms with van der Waals surface area (Å²) in [5.74, 6) is -0.179. The Labute approximate surface area is 107 Å². The van der Waals surface area contributed by atoms with Crippen LogP contribution in [-0.4, -0.2) is 32.8 Å². The Morgan fingerprint density at radius 1 is 1.28 bits per heavy atom. The van der Waals surface area contributed by atoms with Crippen molar-refractivity contribution < 1.29 is 14.3 Å². The summed E-state index contributed by atoms with van der Waals surface area (Å²) in [6.07, 6.45) is 0. The van der Waals surface area contributed by atoms with Crippen molar-refractivity contribution in [3.05, 3.63) is 23.3 Å². The van der Waals surface area contributed by atoms with Gasteiger partial charge in [0.2, 0.25) is 5.91 Å². The second-order valence-electron chi connectivity index (χ2n) is 4.12. The molecule has 100 valence electrons. The van der Waals surface area contributed by atoms with E-state index in [1.807, 2.05) is 26.0 Å². The molecule has 1 rings (SSSR count). The number of aryl methyl sites for hydroxylation is 2. The van der Waals surface area contributed by atoms with Gasteiger partial charge in [0.15, 0.2) is 0 Å². The fraction of sp³-hybridized carbons (Fsp3) is 0.462. The molecule has 0 aromatic heterocycles. The number of carbonyl (C=O) groups excluding carboxylic acids is 1. The predicted molar refractivity (Wildman–Crippen MR) is 71.7 cm³/mol. The molecule has 0 aliphatic carbocycles. The number of anilines is 2. The molecule has 0 bridgehead atoms. The number of nitrogen functional groups attached to an aromatic ring is 1. The van der Waals surface area contributed by atoms with Crippen molar-refractivity contribution in [3.8, 4) is 0 Å². The van der Waals surface area contributed by atoms with Crippen LogP contribution in [0.3, 0.4) is 0 Å². The highest BCUT2D eigenvalue weighted by molar-refractivity contribution is 5.93. The maximum atomic E-state index is 11.7. The number of hydrogen-bond acceptors (Lipinski definition) is 4. The van der Waals surface area contributed by atoms with Gasteiger partial charge in [0, 0.05) is 18.5 Å². The van der Waals surface area contributed by atoms with E-state index in [-0.39, 0.29) is 12.5 Å². The van der Waals surface area contributed by atoms with E-state index in [1.165, 1.54) is 0 Å². The molecule has 5 heteroatoms. The van der Waals surface area contributed by atoms with Gasteiger partial charge in [0.05, 0.1) is 13.2 Å². The second kappa shape index (κ2) is 6.98. The van der Waals surface area contributed by atoms with Crippen molar-refractivity contribution >= 4 is 17.3 Å². The number of methoxy groups -OCH3 is 1. The molecule has 0 saturated heterocycles. The normalized spacial score (nSPS) is 10.4. The van der Waals surface area contributed by atoms with E-state index in [0.717, 1.165) is 16.8 Å². The second-order valence-corrected chi connectivity index (χ2v) is 4.12. The molecule has 0 aliphatic heterocycles. The standard InChI is InChI=1S/C13H20N2O3/c1-9-6-11(14)7-10(2)13(9)15-12(16)8-18-5-4-17-3/h6-7H,4-5,8,14H2,1-3H3,(H,15,16). The Kier molecular flexibility index (Phi) is 5.61. The lowest BCUT2D eigenvalue weighted by Crippen LogP contribution is -2.20. The molecular formula is C13H20N2O3. The number of hydrogen-bond donors (Lipinski definition) is 2. The third-order valence-electron chi connectivity index (χ3n) is 2.48. The van der Waals surface area contributed by atoms with Gasteiger partial charge in [-0.2, -0.15) is 0 Å². The van der Waals surface area contributed by atoms with E-state index in [1.54, 1.807) is 7.11 Å². The van der Waals surface area contributed by atoms with Crippen LogP contribution in [-0.2, 0) is 14.3 Å². The van der Waals surface area contributed by atoms with E-state index in [2.05, 4.69) is 5.32 Å². The zero-order chi connectivity index (χ0) is 13.5. The third-order valence-corrected chi connectivity index (χ3v) is 2.48. The van der Waals surface area contributed by atoms with Crippen LogP contribution in [0.1, 0.15) is 11.1 Å². The maximum Gasteiger partial charge on any atom is 0.250 e. The lowest BCUT2D eigenvalue weighted by Gasteiger charge is -2.12. The van der Waals surface area contributed by atoms with Gasteiger partial charge in [-0.1, -0.05) is 0 Å². The molecular weight excluding hydrogens is 232 g/mol. The molecule has 0 fully saturated rings. The molecule has 0 spiro atoms. The zero-order valence-electron chi connectivity index (χ0n) is 11.1. The third kappa shape index (κ3) is 4.35. The zero-order valence-corrected chi connectivity index (χ0v) is 11.1. The maximum absolute atomic E-state index is 11.7. The lowest BCUT2D eigenvalue weighted by atomic mass is 10.1. The number of ether oxygens (including phenoxy) is 2. The SMILES string of the molecule is COCCOCC(=O)Nc1c(C)cc(N)cc1C. The van der Waals surface area contributed by atoms with Crippen LogP contribution in [0.2, 0.25) is 0 Å². The summed E-state index contributed by atoms with van der Waals surface area (Å²) in [5, 5.41) is 2.82. The number of nitrogens with two attached hydrogens (primary N) is 1. The van der Waals surface area contributed by atoms with Gasteiger partial charge in [0.1, 0.15) is 6.61 Å². The fourth-order valence-corrected chi connectivity index (χ4v) is 1.68. The van der Waals surface area contributed by atoms with Gasteiger partial charge < -0.3 is 20.5 Å². The summed E-state index contributed by atoms with van der Waals surface area (Å²) in [6.45, 7) is 4.72. The highest BCUT2D eigenvalue weighted by Crippen LogP contribution is 2.23. The van der Waals surface area contributed by atoms with Crippen LogP contribution in [0.5, 0.6) is 0 Å². The van der Waals surface area contributed by atoms with Gasteiger partial charge >= 0.3 is 0 Å². The van der Waals surface area contributed by atoms with Crippen molar-refractivity contribution in [2.45, 2.75) is 13.8 Å². The van der Waals surface area contributed by atoms with Crippen molar-refractivity contribution in [2.75, 3.05) is 38.0 Å². The Morgan fingerprint density at radius 3 is 2.44 bits per heavy atom. The van der Waals surface area contributed by atoms with Crippen LogP contribution >= 0.6 is 0 Å². The molecule has 0 saturated carbocycles. The summed E-state index contributed by atoms with van der Waals surface area (Å²) in [5.41, 5.74) is 9.10. The molecule has 0 radical (unpaired) electrons. The number of rotatable bonds is 6. The quantitative estimate of drug-likeness (QED) is 0.594. The van der Waals surface area contributed by atoms with Gasteiger partial charge in [0.25, 0.3) is 0 Å². The first kappa shape index (κ1) is 14.5. The fourth-order valence-electron chi connectivity index (χ4n) is 1.68. The van der Waals surface area contributed by atoms with Crippen molar-refractivity contribution in [1.29, 1.82) is 0 Å². The number of nitrogens with one attached hydrogen (secondary N) is 1. The average molecular weight is 252 g/mol. The van der Waals surface area contributed by atoms with E-state index in [9.17, 15) is 4.79 Å². The van der Waals surface area contributed by atoms with Gasteiger partial charge in [-0.05, 0) is 37.1 Å². The van der Waals surface area contributed by atoms with E-state index in [0.29, 0.717) is 18.9 Å². The number of carbonyl (C=O) groups is 1. The van der Waals surface area contributed by atoms with Crippen molar-refractivity contribution in [3.63, 3.8) is 0 Å². The Bertz CT molecular complexity index is 396. The number of benzene rings is 1. The first-order valence-corrected chi connectivity index (χ1v) is 5.78. The molecule has 1 aromatic carbocycles. The van der Waals surface area contributed by atoms with E-state index in [4.69, 9.17) is 15.2 Å². The minimum absolute atomic E-state index is 0.0205. The van der Waals surface area contributed by atoms with E-state index < -0.39 is 0 Å². The summed E-state index contributed by atoms with van der Waals surface area (Å²) < 4.78 is 9.97. The molecule has 5 nitrogen and oxygen atoms in total. The highest BCUT2D eigenvalue weighted by Gasteiger charge is 2.08. The lowest BCUT2D eigenvalue weighted by molar-refractivity contribution is -0.121. The molecule has 0 atom stereocenters. The monoisotopic (exact) mass is 252 g/mol. The Balaban J connectivity index is 2.54. The molecule has 18 heavy (non-hydrogen) atoms. The average Bonchev–Trinajstić information content (AvgIpc) is 2.29. The van der Waals surface area contributed by atoms with Crippen molar-refractivity contribution in [2.24, 2.45) is 0 Å². The minimum atomic E-state index is -0.179. The van der Waals surface area contributed by atoms with Crippen LogP contribution in [0.15, 0.2) is 12.1 Å². The van der Waals surface area contributed by atoms with Gasteiger partial charge in [-0.3, -0.25) is 4.79 Å². The van der Waals surface area contributed by atoms with Crippen molar-refractivity contribution in [1.82, 2.24) is 0 Å². The molecule has 1 amide bonds. The van der Waals surface area contributed by atoms with Crippen LogP contribution in [0, 0.1) is 13.8 Å². The largest absolute Gasteiger partial charge is 0.399 e. The summed E-state index contributed by atoms with van der Waals surface area (Å²) in [4.78, 5) is 11.7. The predicted octanol–water partition coefficient (Wildman–Crippen LogP) is 1.49. The van der Waals surface area contributed by atoms with Crippen LogP contribution in [0.4, 0.5) is 11.4 Å². The first-order valence-electron chi connectivity index (χ1n) is 5.78. The molecule has 0 heterocycles. The van der Waals surface area contributed by atoms with Gasteiger partial charge in [-0.25, -0.2) is 0 Å². The first-order chi connectivity index (χ1) is 8.54. The molecule has 0 unspecified atom stereocenters. The molecule has 3 N–H and O–H groups in total. The topological polar surface area (TPSA) is 73.6 Å².